The summed E-state index contributed by atoms with van der Waals surface area (Å²) in [7, 11) is 5.20. The van der Waals surface area contributed by atoms with Crippen LogP contribution in [-0.4, -0.2) is 41.9 Å². The van der Waals surface area contributed by atoms with Crippen molar-refractivity contribution < 1.29 is 9.59 Å². The van der Waals surface area contributed by atoms with Crippen molar-refractivity contribution in [3.63, 3.8) is 0 Å². The van der Waals surface area contributed by atoms with Crippen molar-refractivity contribution in [2.24, 2.45) is 7.05 Å². The van der Waals surface area contributed by atoms with Crippen molar-refractivity contribution in [1.29, 1.82) is 0 Å². The first-order valence-electron chi connectivity index (χ1n) is 7.80. The number of rotatable bonds is 5. The molecular weight excluding hydrogens is 320 g/mol. The first-order chi connectivity index (χ1) is 11.8. The van der Waals surface area contributed by atoms with Crippen LogP contribution in [0.2, 0.25) is 0 Å². The third kappa shape index (κ3) is 4.77. The Morgan fingerprint density at radius 3 is 2.56 bits per heavy atom. The number of aryl methyl sites for hydroxylation is 2. The molecule has 25 heavy (non-hydrogen) atoms. The fourth-order valence-corrected chi connectivity index (χ4v) is 2.28. The molecule has 0 spiro atoms. The number of benzene rings is 1. The van der Waals surface area contributed by atoms with Crippen LogP contribution in [-0.2, 0) is 11.8 Å². The molecule has 0 fully saturated rings. The fraction of sp³-hybridized carbons (Fsp3) is 0.278. The van der Waals surface area contributed by atoms with Crippen molar-refractivity contribution in [3.05, 3.63) is 58.0 Å². The van der Waals surface area contributed by atoms with Crippen LogP contribution in [0.3, 0.4) is 0 Å². The third-order valence-corrected chi connectivity index (χ3v) is 3.60. The van der Waals surface area contributed by atoms with Crippen molar-refractivity contribution >= 4 is 23.2 Å². The van der Waals surface area contributed by atoms with Gasteiger partial charge in [0.1, 0.15) is 5.56 Å². The van der Waals surface area contributed by atoms with Gasteiger partial charge in [-0.3, -0.25) is 14.4 Å². The molecule has 1 heterocycles. The molecule has 0 bridgehead atoms. The highest BCUT2D eigenvalue weighted by atomic mass is 16.2. The summed E-state index contributed by atoms with van der Waals surface area (Å²) in [6.45, 7) is 2.12. The first kappa shape index (κ1) is 18.4. The summed E-state index contributed by atoms with van der Waals surface area (Å²) in [5.74, 6) is -0.635. The van der Waals surface area contributed by atoms with Crippen LogP contribution in [0.15, 0.2) is 41.3 Å². The first-order valence-corrected chi connectivity index (χ1v) is 7.80. The molecule has 132 valence electrons. The van der Waals surface area contributed by atoms with Gasteiger partial charge in [-0.2, -0.15) is 0 Å². The molecule has 2 rings (SSSR count). The standard InChI is InChI=1S/C18H22N4O3/c1-12-7-8-13(10-15(12)20-16(23)11-21(2)3)19-17(24)14-6-5-9-22(4)18(14)25/h5-10H,11H2,1-4H3,(H,19,24)(H,20,23). The van der Waals surface area contributed by atoms with Gasteiger partial charge in [0.05, 0.1) is 6.54 Å². The summed E-state index contributed by atoms with van der Waals surface area (Å²) in [5.41, 5.74) is 1.68. The van der Waals surface area contributed by atoms with Gasteiger partial charge in [0.2, 0.25) is 5.91 Å². The van der Waals surface area contributed by atoms with E-state index < -0.39 is 5.91 Å². The number of pyridine rings is 1. The molecule has 2 amide bonds. The van der Waals surface area contributed by atoms with Crippen LogP contribution in [0.1, 0.15) is 15.9 Å². The zero-order chi connectivity index (χ0) is 18.6. The normalized spacial score (nSPS) is 10.6. The summed E-state index contributed by atoms with van der Waals surface area (Å²) in [6, 6.07) is 8.31. The number of hydrogen-bond acceptors (Lipinski definition) is 4. The molecule has 7 nitrogen and oxygen atoms in total. The zero-order valence-corrected chi connectivity index (χ0v) is 14.8. The second kappa shape index (κ2) is 7.76. The Morgan fingerprint density at radius 2 is 1.88 bits per heavy atom. The van der Waals surface area contributed by atoms with E-state index in [1.165, 1.54) is 10.6 Å². The Kier molecular flexibility index (Phi) is 5.71. The summed E-state index contributed by atoms with van der Waals surface area (Å²) in [6.07, 6.45) is 1.59. The van der Waals surface area contributed by atoms with Crippen LogP contribution in [0, 0.1) is 6.92 Å². The average Bonchev–Trinajstić information content (AvgIpc) is 2.52. The second-order valence-electron chi connectivity index (χ2n) is 6.11. The summed E-state index contributed by atoms with van der Waals surface area (Å²) in [5, 5.41) is 5.51. The third-order valence-electron chi connectivity index (χ3n) is 3.60. The summed E-state index contributed by atoms with van der Waals surface area (Å²) in [4.78, 5) is 38.0. The smallest absolute Gasteiger partial charge is 0.263 e. The Labute approximate surface area is 146 Å². The van der Waals surface area contributed by atoms with E-state index in [1.807, 2.05) is 21.0 Å². The fourth-order valence-electron chi connectivity index (χ4n) is 2.28. The van der Waals surface area contributed by atoms with Crippen LogP contribution in [0.5, 0.6) is 0 Å². The highest BCUT2D eigenvalue weighted by molar-refractivity contribution is 6.04. The molecule has 0 saturated heterocycles. The largest absolute Gasteiger partial charge is 0.325 e. The highest BCUT2D eigenvalue weighted by Crippen LogP contribution is 2.20. The van der Waals surface area contributed by atoms with E-state index in [1.54, 1.807) is 42.4 Å². The van der Waals surface area contributed by atoms with Crippen molar-refractivity contribution in [1.82, 2.24) is 9.47 Å². The SMILES string of the molecule is Cc1ccc(NC(=O)c2cccn(C)c2=O)cc1NC(=O)CN(C)C. The van der Waals surface area contributed by atoms with E-state index in [0.29, 0.717) is 11.4 Å². The molecule has 7 heteroatoms. The van der Waals surface area contributed by atoms with E-state index in [-0.39, 0.29) is 23.6 Å². The minimum absolute atomic E-state index is 0.0590. The lowest BCUT2D eigenvalue weighted by molar-refractivity contribution is -0.116. The van der Waals surface area contributed by atoms with Gasteiger partial charge in [0, 0.05) is 24.6 Å². The van der Waals surface area contributed by atoms with E-state index in [0.717, 1.165) is 5.56 Å². The van der Waals surface area contributed by atoms with Gasteiger partial charge in [-0.1, -0.05) is 6.07 Å². The van der Waals surface area contributed by atoms with Gasteiger partial charge in [0.15, 0.2) is 0 Å². The zero-order valence-electron chi connectivity index (χ0n) is 14.8. The lowest BCUT2D eigenvalue weighted by Crippen LogP contribution is -2.28. The van der Waals surface area contributed by atoms with Crippen LogP contribution >= 0.6 is 0 Å². The number of carbonyl (C=O) groups is 2. The molecule has 0 aliphatic rings. The number of anilines is 2. The Morgan fingerprint density at radius 1 is 1.16 bits per heavy atom. The maximum absolute atomic E-state index is 12.3. The lowest BCUT2D eigenvalue weighted by atomic mass is 10.1. The molecule has 2 N–H and O–H groups in total. The van der Waals surface area contributed by atoms with E-state index >= 15 is 0 Å². The van der Waals surface area contributed by atoms with Crippen molar-refractivity contribution in [2.75, 3.05) is 31.3 Å². The minimum Gasteiger partial charge on any atom is -0.325 e. The quantitative estimate of drug-likeness (QED) is 0.861. The Bertz CT molecular complexity index is 856. The minimum atomic E-state index is -0.490. The number of nitrogens with one attached hydrogen (secondary N) is 2. The Balaban J connectivity index is 2.19. The predicted octanol–water partition coefficient (Wildman–Crippen LogP) is 1.45. The van der Waals surface area contributed by atoms with Crippen LogP contribution < -0.4 is 16.2 Å². The van der Waals surface area contributed by atoms with Crippen molar-refractivity contribution in [3.8, 4) is 0 Å². The van der Waals surface area contributed by atoms with E-state index in [4.69, 9.17) is 0 Å². The highest BCUT2D eigenvalue weighted by Gasteiger charge is 2.13. The Hall–Kier alpha value is -2.93. The molecule has 2 aromatic rings. The van der Waals surface area contributed by atoms with Crippen molar-refractivity contribution in [2.45, 2.75) is 6.92 Å². The van der Waals surface area contributed by atoms with Gasteiger partial charge < -0.3 is 20.1 Å². The van der Waals surface area contributed by atoms with E-state index in [9.17, 15) is 14.4 Å². The number of nitrogens with zero attached hydrogens (tertiary/aromatic N) is 2. The molecule has 1 aromatic carbocycles. The van der Waals surface area contributed by atoms with Gasteiger partial charge in [-0.15, -0.1) is 0 Å². The molecule has 1 aromatic heterocycles. The molecule has 0 unspecified atom stereocenters. The van der Waals surface area contributed by atoms with Gasteiger partial charge in [-0.05, 0) is 50.8 Å². The number of amides is 2. The van der Waals surface area contributed by atoms with E-state index in [2.05, 4.69) is 10.6 Å². The second-order valence-corrected chi connectivity index (χ2v) is 6.11. The monoisotopic (exact) mass is 342 g/mol. The summed E-state index contributed by atoms with van der Waals surface area (Å²) >= 11 is 0. The van der Waals surface area contributed by atoms with Gasteiger partial charge in [0.25, 0.3) is 11.5 Å². The number of likely N-dealkylation sites (N-methyl/N-ethyl adjacent to an activating group) is 1. The summed E-state index contributed by atoms with van der Waals surface area (Å²) < 4.78 is 1.34. The molecule has 0 aliphatic heterocycles. The molecule has 0 saturated carbocycles. The topological polar surface area (TPSA) is 83.4 Å². The molecule has 0 atom stereocenters. The van der Waals surface area contributed by atoms with Crippen LogP contribution in [0.25, 0.3) is 0 Å². The maximum Gasteiger partial charge on any atom is 0.263 e. The maximum atomic E-state index is 12.3. The number of aromatic nitrogens is 1. The average molecular weight is 342 g/mol. The van der Waals surface area contributed by atoms with Gasteiger partial charge in [-0.25, -0.2) is 0 Å². The van der Waals surface area contributed by atoms with Crippen LogP contribution in [0.4, 0.5) is 11.4 Å². The van der Waals surface area contributed by atoms with Gasteiger partial charge >= 0.3 is 0 Å². The molecule has 0 radical (unpaired) electrons. The predicted molar refractivity (Wildman–Crippen MR) is 98.0 cm³/mol. The lowest BCUT2D eigenvalue weighted by Gasteiger charge is -2.13. The molecule has 0 aliphatic carbocycles. The molecular formula is C18H22N4O3. The number of hydrogen-bond donors (Lipinski definition) is 2. The number of carbonyl (C=O) groups excluding carboxylic acids is 2.